The Labute approximate surface area is 163 Å². The van der Waals surface area contributed by atoms with Crippen molar-refractivity contribution < 1.29 is 4.79 Å². The van der Waals surface area contributed by atoms with Gasteiger partial charge in [-0.25, -0.2) is 0 Å². The molecule has 138 valence electrons. The highest BCUT2D eigenvalue weighted by atomic mass is 32.2. The number of hydrogen-bond acceptors (Lipinski definition) is 3. The van der Waals surface area contributed by atoms with Gasteiger partial charge in [0, 0.05) is 35.8 Å². The minimum absolute atomic E-state index is 0.0297. The molecule has 2 aromatic carbocycles. The monoisotopic (exact) mass is 377 g/mol. The van der Waals surface area contributed by atoms with Gasteiger partial charge in [-0.2, -0.15) is 0 Å². The number of hydrogen-bond donors (Lipinski definition) is 2. The van der Waals surface area contributed by atoms with Crippen LogP contribution >= 0.6 is 11.8 Å². The number of rotatable bonds is 6. The number of para-hydroxylation sites is 1. The second-order valence-corrected chi connectivity index (χ2v) is 7.95. The Bertz CT molecular complexity index is 992. The standard InChI is InChI=1S/C22H23N3OS/c1-15-6-2-3-7-16(15)12-21-25-20(14-27-21)22(26)23-11-10-17-13-24-19-9-5-4-8-18(17)19/h2-9,13,20,24H,10-12,14H2,1H3,(H,23,26)/t20-/m0/s1. The van der Waals surface area contributed by atoms with Gasteiger partial charge in [0.15, 0.2) is 0 Å². The first-order valence-electron chi connectivity index (χ1n) is 9.27. The average Bonchev–Trinajstić information content (AvgIpc) is 3.31. The van der Waals surface area contributed by atoms with E-state index in [2.05, 4.69) is 52.5 Å². The van der Waals surface area contributed by atoms with Crippen LogP contribution in [-0.2, 0) is 17.6 Å². The lowest BCUT2D eigenvalue weighted by Crippen LogP contribution is -2.35. The van der Waals surface area contributed by atoms with E-state index in [4.69, 9.17) is 0 Å². The van der Waals surface area contributed by atoms with Crippen LogP contribution in [0.3, 0.4) is 0 Å². The first-order chi connectivity index (χ1) is 13.2. The van der Waals surface area contributed by atoms with Crippen molar-refractivity contribution in [3.63, 3.8) is 0 Å². The Kier molecular flexibility index (Phi) is 5.30. The van der Waals surface area contributed by atoms with E-state index in [1.165, 1.54) is 22.1 Å². The summed E-state index contributed by atoms with van der Waals surface area (Å²) in [5.41, 5.74) is 4.92. The third-order valence-electron chi connectivity index (χ3n) is 4.98. The quantitative estimate of drug-likeness (QED) is 0.685. The maximum absolute atomic E-state index is 12.5. The molecule has 0 unspecified atom stereocenters. The van der Waals surface area contributed by atoms with Gasteiger partial charge in [0.2, 0.25) is 5.91 Å². The molecule has 0 spiro atoms. The molecule has 1 atom stereocenters. The van der Waals surface area contributed by atoms with Gasteiger partial charge in [-0.3, -0.25) is 9.79 Å². The summed E-state index contributed by atoms with van der Waals surface area (Å²) in [4.78, 5) is 20.4. The van der Waals surface area contributed by atoms with Gasteiger partial charge in [-0.1, -0.05) is 42.5 Å². The number of carbonyl (C=O) groups is 1. The van der Waals surface area contributed by atoms with Gasteiger partial charge in [-0.15, -0.1) is 11.8 Å². The number of nitrogens with one attached hydrogen (secondary N) is 2. The van der Waals surface area contributed by atoms with Crippen molar-refractivity contribution in [3.05, 3.63) is 71.4 Å². The summed E-state index contributed by atoms with van der Waals surface area (Å²) in [7, 11) is 0. The number of carbonyl (C=O) groups excluding carboxylic acids is 1. The van der Waals surface area contributed by atoms with Crippen molar-refractivity contribution in [1.29, 1.82) is 0 Å². The molecule has 2 heterocycles. The Hall–Kier alpha value is -2.53. The minimum atomic E-state index is -0.267. The summed E-state index contributed by atoms with van der Waals surface area (Å²) in [6, 6.07) is 16.3. The molecule has 1 amide bonds. The molecule has 0 aliphatic carbocycles. The molecule has 0 bridgehead atoms. The van der Waals surface area contributed by atoms with Crippen molar-refractivity contribution in [3.8, 4) is 0 Å². The Balaban J connectivity index is 1.31. The number of H-pyrrole nitrogens is 1. The lowest BCUT2D eigenvalue weighted by molar-refractivity contribution is -0.121. The number of aromatic nitrogens is 1. The van der Waals surface area contributed by atoms with Crippen LogP contribution in [0.4, 0.5) is 0 Å². The zero-order chi connectivity index (χ0) is 18.6. The molecule has 27 heavy (non-hydrogen) atoms. The fourth-order valence-corrected chi connectivity index (χ4v) is 4.44. The fraction of sp³-hybridized carbons (Fsp3) is 0.273. The number of amides is 1. The molecule has 5 heteroatoms. The highest BCUT2D eigenvalue weighted by Crippen LogP contribution is 2.23. The molecule has 0 radical (unpaired) electrons. The van der Waals surface area contributed by atoms with Gasteiger partial charge >= 0.3 is 0 Å². The molecule has 2 N–H and O–H groups in total. The molecule has 1 aliphatic heterocycles. The second-order valence-electron chi connectivity index (χ2n) is 6.85. The Morgan fingerprint density at radius 1 is 1.19 bits per heavy atom. The SMILES string of the molecule is Cc1ccccc1CC1=N[C@H](C(=O)NCCc2c[nH]c3ccccc23)CS1. The normalized spacial score (nSPS) is 16.5. The highest BCUT2D eigenvalue weighted by Gasteiger charge is 2.24. The molecule has 0 saturated carbocycles. The minimum Gasteiger partial charge on any atom is -0.361 e. The third kappa shape index (κ3) is 4.08. The van der Waals surface area contributed by atoms with E-state index in [0.717, 1.165) is 29.2 Å². The summed E-state index contributed by atoms with van der Waals surface area (Å²) in [6.45, 7) is 2.74. The molecular formula is C22H23N3OS. The first kappa shape index (κ1) is 17.9. The summed E-state index contributed by atoms with van der Waals surface area (Å²) >= 11 is 1.70. The number of aliphatic imine (C=N–C) groups is 1. The van der Waals surface area contributed by atoms with E-state index in [1.54, 1.807) is 11.8 Å². The van der Waals surface area contributed by atoms with Gasteiger partial charge < -0.3 is 10.3 Å². The summed E-state index contributed by atoms with van der Waals surface area (Å²) < 4.78 is 0. The van der Waals surface area contributed by atoms with Gasteiger partial charge in [0.05, 0.1) is 5.04 Å². The largest absolute Gasteiger partial charge is 0.361 e. The smallest absolute Gasteiger partial charge is 0.245 e. The lowest BCUT2D eigenvalue weighted by Gasteiger charge is -2.08. The molecule has 1 aromatic heterocycles. The maximum atomic E-state index is 12.5. The number of aryl methyl sites for hydroxylation is 1. The van der Waals surface area contributed by atoms with E-state index in [0.29, 0.717) is 6.54 Å². The number of fused-ring (bicyclic) bond motifs is 1. The topological polar surface area (TPSA) is 57.2 Å². The van der Waals surface area contributed by atoms with E-state index in [9.17, 15) is 4.79 Å². The van der Waals surface area contributed by atoms with Crippen molar-refractivity contribution in [2.45, 2.75) is 25.8 Å². The predicted molar refractivity (Wildman–Crippen MR) is 114 cm³/mol. The van der Waals surface area contributed by atoms with E-state index < -0.39 is 0 Å². The lowest BCUT2D eigenvalue weighted by atomic mass is 10.1. The molecule has 4 nitrogen and oxygen atoms in total. The van der Waals surface area contributed by atoms with Crippen molar-refractivity contribution in [2.75, 3.05) is 12.3 Å². The van der Waals surface area contributed by atoms with Gasteiger partial charge in [-0.05, 0) is 36.1 Å². The van der Waals surface area contributed by atoms with Crippen LogP contribution < -0.4 is 5.32 Å². The molecule has 4 rings (SSSR count). The van der Waals surface area contributed by atoms with Crippen LogP contribution in [-0.4, -0.2) is 34.3 Å². The number of benzene rings is 2. The molecule has 3 aromatic rings. The Morgan fingerprint density at radius 2 is 2.00 bits per heavy atom. The van der Waals surface area contributed by atoms with Gasteiger partial charge in [0.25, 0.3) is 0 Å². The molecule has 0 saturated heterocycles. The first-order valence-corrected chi connectivity index (χ1v) is 10.3. The van der Waals surface area contributed by atoms with Crippen LogP contribution in [0.25, 0.3) is 10.9 Å². The Morgan fingerprint density at radius 3 is 2.89 bits per heavy atom. The van der Waals surface area contributed by atoms with Crippen LogP contribution in [0.5, 0.6) is 0 Å². The molecular weight excluding hydrogens is 354 g/mol. The number of aromatic amines is 1. The zero-order valence-corrected chi connectivity index (χ0v) is 16.2. The van der Waals surface area contributed by atoms with E-state index in [-0.39, 0.29) is 11.9 Å². The fourth-order valence-electron chi connectivity index (χ4n) is 3.40. The van der Waals surface area contributed by atoms with Crippen molar-refractivity contribution in [2.24, 2.45) is 4.99 Å². The van der Waals surface area contributed by atoms with Crippen LogP contribution in [0.15, 0.2) is 59.7 Å². The van der Waals surface area contributed by atoms with Crippen molar-refractivity contribution >= 4 is 33.6 Å². The van der Waals surface area contributed by atoms with Gasteiger partial charge in [0.1, 0.15) is 6.04 Å². The van der Waals surface area contributed by atoms with Crippen LogP contribution in [0, 0.1) is 6.92 Å². The summed E-state index contributed by atoms with van der Waals surface area (Å²) in [5.74, 6) is 0.766. The van der Waals surface area contributed by atoms with Crippen LogP contribution in [0.1, 0.15) is 16.7 Å². The average molecular weight is 378 g/mol. The molecule has 0 fully saturated rings. The predicted octanol–water partition coefficient (Wildman–Crippen LogP) is 3.89. The molecule has 1 aliphatic rings. The third-order valence-corrected chi connectivity index (χ3v) is 6.05. The van der Waals surface area contributed by atoms with E-state index in [1.807, 2.05) is 24.4 Å². The van der Waals surface area contributed by atoms with Crippen LogP contribution in [0.2, 0.25) is 0 Å². The maximum Gasteiger partial charge on any atom is 0.245 e. The second kappa shape index (κ2) is 8.01. The van der Waals surface area contributed by atoms with E-state index >= 15 is 0 Å². The zero-order valence-electron chi connectivity index (χ0n) is 15.4. The highest BCUT2D eigenvalue weighted by molar-refractivity contribution is 8.14. The number of nitrogens with zero attached hydrogens (tertiary/aromatic N) is 1. The van der Waals surface area contributed by atoms with Crippen molar-refractivity contribution in [1.82, 2.24) is 10.3 Å². The number of thioether (sulfide) groups is 1. The summed E-state index contributed by atoms with van der Waals surface area (Å²) in [5, 5.41) is 5.33. The summed E-state index contributed by atoms with van der Waals surface area (Å²) in [6.07, 6.45) is 3.66.